The Balaban J connectivity index is 2.48. The van der Waals surface area contributed by atoms with Crippen LogP contribution in [0, 0.1) is 0 Å². The summed E-state index contributed by atoms with van der Waals surface area (Å²) in [5.74, 6) is -3.48. The van der Waals surface area contributed by atoms with Gasteiger partial charge in [-0.15, -0.1) is 0 Å². The number of hydrogen-bond donors (Lipinski definition) is 0. The van der Waals surface area contributed by atoms with Crippen molar-refractivity contribution < 1.29 is 36.7 Å². The van der Waals surface area contributed by atoms with Crippen molar-refractivity contribution in [1.29, 1.82) is 0 Å². The number of fused-ring (bicyclic) bond motifs is 1. The minimum absolute atomic E-state index is 0.115. The molecule has 0 radical (unpaired) electrons. The van der Waals surface area contributed by atoms with E-state index in [0.29, 0.717) is 4.90 Å². The van der Waals surface area contributed by atoms with E-state index < -0.39 is 57.2 Å². The minimum atomic E-state index is -4.04. The van der Waals surface area contributed by atoms with E-state index in [1.165, 1.54) is 0 Å². The molecule has 1 amide bonds. The van der Waals surface area contributed by atoms with E-state index in [1.54, 1.807) is 20.8 Å². The minimum Gasteiger partial charge on any atom is -0.461 e. The highest BCUT2D eigenvalue weighted by atomic mass is 32.2. The zero-order valence-corrected chi connectivity index (χ0v) is 14.5. The lowest BCUT2D eigenvalue weighted by atomic mass is 10.1. The molecule has 0 saturated carbocycles. The molecule has 10 heteroatoms. The van der Waals surface area contributed by atoms with E-state index in [0.717, 1.165) is 6.92 Å². The number of carbonyl (C=O) groups excluding carboxylic acids is 3. The molecule has 2 rings (SSSR count). The summed E-state index contributed by atoms with van der Waals surface area (Å²) in [6.07, 6.45) is -2.22. The van der Waals surface area contributed by atoms with Crippen LogP contribution in [0.4, 0.5) is 4.39 Å². The number of β-lactam (4-membered cyclic amide) rings is 1. The van der Waals surface area contributed by atoms with Crippen molar-refractivity contribution in [3.8, 4) is 0 Å². The quantitative estimate of drug-likeness (QED) is 0.516. The lowest BCUT2D eigenvalue weighted by Gasteiger charge is -2.46. The normalized spacial score (nSPS) is 25.7. The number of esters is 2. The largest absolute Gasteiger partial charge is 0.461 e. The van der Waals surface area contributed by atoms with E-state index in [1.807, 2.05) is 0 Å². The van der Waals surface area contributed by atoms with Gasteiger partial charge in [0.1, 0.15) is 17.9 Å². The number of ether oxygens (including phenoxy) is 2. The third-order valence-corrected chi connectivity index (χ3v) is 5.28. The Bertz CT molecular complexity index is 735. The Morgan fingerprint density at radius 1 is 1.33 bits per heavy atom. The molecule has 0 spiro atoms. The Morgan fingerprint density at radius 3 is 2.42 bits per heavy atom. The summed E-state index contributed by atoms with van der Waals surface area (Å²) in [6, 6.07) is 0. The summed E-state index contributed by atoms with van der Waals surface area (Å²) in [5.41, 5.74) is -1.40. The summed E-state index contributed by atoms with van der Waals surface area (Å²) < 4.78 is 47.9. The van der Waals surface area contributed by atoms with Crippen LogP contribution in [0.3, 0.4) is 0 Å². The number of alkyl halides is 1. The molecule has 0 aromatic rings. The van der Waals surface area contributed by atoms with Crippen molar-refractivity contribution in [2.24, 2.45) is 0 Å². The van der Waals surface area contributed by atoms with Gasteiger partial charge in [0.2, 0.25) is 6.17 Å². The second-order valence-electron chi connectivity index (χ2n) is 6.54. The van der Waals surface area contributed by atoms with Gasteiger partial charge in [-0.05, 0) is 20.8 Å². The molecule has 0 aromatic carbocycles. The van der Waals surface area contributed by atoms with E-state index in [9.17, 15) is 27.2 Å². The maximum atomic E-state index is 13.7. The second-order valence-corrected chi connectivity index (χ2v) is 8.64. The van der Waals surface area contributed by atoms with Crippen LogP contribution in [-0.4, -0.2) is 60.7 Å². The predicted octanol–water partition coefficient (Wildman–Crippen LogP) is 0.0801. The van der Waals surface area contributed by atoms with Crippen LogP contribution in [0.15, 0.2) is 11.3 Å². The summed E-state index contributed by atoms with van der Waals surface area (Å²) in [5, 5.41) is -1.74. The first-order valence-corrected chi connectivity index (χ1v) is 8.84. The van der Waals surface area contributed by atoms with Crippen LogP contribution >= 0.6 is 0 Å². The highest BCUT2D eigenvalue weighted by Gasteiger charge is 2.61. The summed E-state index contributed by atoms with van der Waals surface area (Å²) >= 11 is 0. The molecule has 134 valence electrons. The average Bonchev–Trinajstić information content (AvgIpc) is 2.40. The van der Waals surface area contributed by atoms with Crippen molar-refractivity contribution in [3.05, 3.63) is 11.3 Å². The number of carbonyl (C=O) groups is 3. The van der Waals surface area contributed by atoms with Crippen molar-refractivity contribution >= 4 is 27.7 Å². The molecule has 1 saturated heterocycles. The molecular formula is C14H18FNO7S. The van der Waals surface area contributed by atoms with Gasteiger partial charge in [0.15, 0.2) is 15.2 Å². The topological polar surface area (TPSA) is 107 Å². The molecule has 0 aromatic heterocycles. The van der Waals surface area contributed by atoms with Gasteiger partial charge in [-0.3, -0.25) is 14.5 Å². The molecule has 2 aliphatic rings. The van der Waals surface area contributed by atoms with Gasteiger partial charge in [-0.2, -0.15) is 0 Å². The zero-order chi connectivity index (χ0) is 18.4. The predicted molar refractivity (Wildman–Crippen MR) is 78.8 cm³/mol. The SMILES string of the molecule is CC(=O)OCC1=C(C(=O)OC(C)(C)C)N2C(=O)C(F)C2S(=O)(=O)C1. The maximum absolute atomic E-state index is 13.7. The van der Waals surface area contributed by atoms with Crippen molar-refractivity contribution in [1.82, 2.24) is 4.90 Å². The smallest absolute Gasteiger partial charge is 0.355 e. The van der Waals surface area contributed by atoms with Gasteiger partial charge in [0, 0.05) is 12.5 Å². The van der Waals surface area contributed by atoms with Crippen LogP contribution in [0.1, 0.15) is 27.7 Å². The van der Waals surface area contributed by atoms with Crippen LogP contribution in [-0.2, 0) is 33.7 Å². The van der Waals surface area contributed by atoms with Gasteiger partial charge in [-0.25, -0.2) is 17.6 Å². The number of sulfone groups is 1. The molecule has 2 aliphatic heterocycles. The molecule has 2 heterocycles. The monoisotopic (exact) mass is 363 g/mol. The van der Waals surface area contributed by atoms with Gasteiger partial charge < -0.3 is 9.47 Å². The summed E-state index contributed by atoms with van der Waals surface area (Å²) in [7, 11) is -4.04. The lowest BCUT2D eigenvalue weighted by molar-refractivity contribution is -0.161. The molecule has 1 fully saturated rings. The lowest BCUT2D eigenvalue weighted by Crippen LogP contribution is -2.68. The standard InChI is InChI=1S/C14H18FNO7S/c1-7(17)22-5-8-6-24(20,21)12-9(15)11(18)16(12)10(8)13(19)23-14(2,3)4/h9,12H,5-6H2,1-4H3. The Hall–Kier alpha value is -1.97. The van der Waals surface area contributed by atoms with E-state index in [2.05, 4.69) is 0 Å². The molecule has 24 heavy (non-hydrogen) atoms. The highest BCUT2D eigenvalue weighted by molar-refractivity contribution is 7.92. The number of halogens is 1. The Morgan fingerprint density at radius 2 is 1.92 bits per heavy atom. The van der Waals surface area contributed by atoms with E-state index in [4.69, 9.17) is 9.47 Å². The van der Waals surface area contributed by atoms with Crippen LogP contribution in [0.25, 0.3) is 0 Å². The number of amides is 1. The van der Waals surface area contributed by atoms with Crippen LogP contribution in [0.2, 0.25) is 0 Å². The van der Waals surface area contributed by atoms with Crippen molar-refractivity contribution in [2.75, 3.05) is 12.4 Å². The zero-order valence-electron chi connectivity index (χ0n) is 13.7. The fourth-order valence-electron chi connectivity index (χ4n) is 2.44. The average molecular weight is 363 g/mol. The first-order valence-electron chi connectivity index (χ1n) is 7.12. The molecule has 0 bridgehead atoms. The van der Waals surface area contributed by atoms with Gasteiger partial charge in [-0.1, -0.05) is 0 Å². The number of rotatable bonds is 3. The molecule has 0 N–H and O–H groups in total. The fraction of sp³-hybridized carbons (Fsp3) is 0.643. The van der Waals surface area contributed by atoms with E-state index in [-0.39, 0.29) is 11.3 Å². The Kier molecular flexibility index (Phi) is 4.47. The van der Waals surface area contributed by atoms with Gasteiger partial charge in [0.25, 0.3) is 5.91 Å². The molecular weight excluding hydrogens is 345 g/mol. The molecule has 0 aliphatic carbocycles. The van der Waals surface area contributed by atoms with Crippen molar-refractivity contribution in [2.45, 2.75) is 44.8 Å². The molecule has 2 unspecified atom stereocenters. The summed E-state index contributed by atoms with van der Waals surface area (Å²) in [6.45, 7) is 5.37. The van der Waals surface area contributed by atoms with Crippen LogP contribution in [0.5, 0.6) is 0 Å². The third-order valence-electron chi connectivity index (χ3n) is 3.34. The second kappa shape index (κ2) is 5.83. The van der Waals surface area contributed by atoms with Crippen LogP contribution < -0.4 is 0 Å². The van der Waals surface area contributed by atoms with Gasteiger partial charge >= 0.3 is 11.9 Å². The number of nitrogens with zero attached hydrogens (tertiary/aromatic N) is 1. The molecule has 2 atom stereocenters. The Labute approximate surface area is 138 Å². The van der Waals surface area contributed by atoms with Gasteiger partial charge in [0.05, 0.1) is 5.75 Å². The first kappa shape index (κ1) is 18.4. The fourth-order valence-corrected chi connectivity index (χ4v) is 4.33. The molecule has 8 nitrogen and oxygen atoms in total. The summed E-state index contributed by atoms with van der Waals surface area (Å²) in [4.78, 5) is 35.7. The van der Waals surface area contributed by atoms with E-state index >= 15 is 0 Å². The first-order chi connectivity index (χ1) is 10.8. The maximum Gasteiger partial charge on any atom is 0.355 e. The highest BCUT2D eigenvalue weighted by Crippen LogP contribution is 2.39. The van der Waals surface area contributed by atoms with Crippen molar-refractivity contribution in [3.63, 3.8) is 0 Å². The number of hydrogen-bond acceptors (Lipinski definition) is 7. The third kappa shape index (κ3) is 3.28.